The molecule has 1 saturated heterocycles. The average Bonchev–Trinajstić information content (AvgIpc) is 3.00. The molecule has 0 saturated carbocycles. The molecule has 2 aliphatic rings. The number of carboxylic acid groups (broad SMARTS) is 1. The smallest absolute Gasteiger partial charge is 0.392 e. The number of quaternary nitrogens is 1. The normalized spacial score (nSPS) is 33.3. The molecule has 5 atom stereocenters. The lowest BCUT2D eigenvalue weighted by molar-refractivity contribution is -0.902. The van der Waals surface area contributed by atoms with Crippen molar-refractivity contribution < 1.29 is 24.1 Å². The Morgan fingerprint density at radius 3 is 3.00 bits per heavy atom. The van der Waals surface area contributed by atoms with Gasteiger partial charge in [-0.25, -0.2) is 4.79 Å². The van der Waals surface area contributed by atoms with Gasteiger partial charge in [0.2, 0.25) is 18.0 Å². The minimum absolute atomic E-state index is 0.0683. The standard InChI is InChI=1S/C11H13N3O5S3/c1-4(15)5-2-14(18)6(9(16)17)11(21-8(5)14)22-10(20)7-13-12-3-19-7/h3-5,8,10,15,20H,2H2,1H3,(H,16,17)/t4-,5+,8-,10?,14?/m1/s1. The zero-order valence-electron chi connectivity index (χ0n) is 11.3. The second-order valence-electron chi connectivity index (χ2n) is 5.08. The van der Waals surface area contributed by atoms with Gasteiger partial charge in [0.05, 0.1) is 18.6 Å². The molecule has 2 N–H and O–H groups in total. The van der Waals surface area contributed by atoms with Crippen LogP contribution >= 0.6 is 36.2 Å². The van der Waals surface area contributed by atoms with Gasteiger partial charge in [0.25, 0.3) is 0 Å². The maximum atomic E-state index is 12.8. The Balaban J connectivity index is 1.85. The Morgan fingerprint density at radius 2 is 2.45 bits per heavy atom. The van der Waals surface area contributed by atoms with Crippen molar-refractivity contribution in [1.82, 2.24) is 10.2 Å². The molecule has 0 radical (unpaired) electrons. The summed E-state index contributed by atoms with van der Waals surface area (Å²) >= 11 is 6.58. The van der Waals surface area contributed by atoms with Gasteiger partial charge in [-0.05, 0) is 18.7 Å². The van der Waals surface area contributed by atoms with E-state index in [2.05, 4.69) is 22.8 Å². The molecule has 3 rings (SSSR count). The first-order valence-corrected chi connectivity index (χ1v) is 8.64. The number of aromatic nitrogens is 2. The van der Waals surface area contributed by atoms with Crippen LogP contribution in [0.4, 0.5) is 0 Å². The first-order valence-electron chi connectivity index (χ1n) is 6.37. The number of carboxylic acids is 1. The Labute approximate surface area is 139 Å². The minimum atomic E-state index is -1.25. The van der Waals surface area contributed by atoms with Crippen LogP contribution < -0.4 is 0 Å². The lowest BCUT2D eigenvalue weighted by Gasteiger charge is -2.56. The van der Waals surface area contributed by atoms with Gasteiger partial charge in [-0.3, -0.25) is 0 Å². The predicted molar refractivity (Wildman–Crippen MR) is 83.3 cm³/mol. The van der Waals surface area contributed by atoms with Crippen molar-refractivity contribution in [2.24, 2.45) is 5.92 Å². The fraction of sp³-hybridized carbons (Fsp3) is 0.545. The molecule has 2 unspecified atom stereocenters. The van der Waals surface area contributed by atoms with Gasteiger partial charge in [0.15, 0.2) is 5.37 Å². The topological polar surface area (TPSA) is 120 Å². The van der Waals surface area contributed by atoms with E-state index in [9.17, 15) is 20.2 Å². The van der Waals surface area contributed by atoms with Gasteiger partial charge >= 0.3 is 5.97 Å². The molecular formula is C11H13N3O5S3. The number of aliphatic hydroxyl groups is 1. The number of thioether (sulfide) groups is 2. The van der Waals surface area contributed by atoms with E-state index in [1.807, 2.05) is 0 Å². The van der Waals surface area contributed by atoms with Gasteiger partial charge in [-0.1, -0.05) is 11.8 Å². The second-order valence-corrected chi connectivity index (χ2v) is 8.45. The highest BCUT2D eigenvalue weighted by Crippen LogP contribution is 2.60. The van der Waals surface area contributed by atoms with Crippen molar-refractivity contribution in [1.29, 1.82) is 0 Å². The molecule has 0 spiro atoms. The summed E-state index contributed by atoms with van der Waals surface area (Å²) in [5.41, 5.74) is -0.199. The molecule has 8 nitrogen and oxygen atoms in total. The maximum absolute atomic E-state index is 12.8. The SMILES string of the molecule is C[C@@H](O)[C@@H]1C[N+]2([O-])C(C(=O)O)=C(SC(S)c3nnco3)S[C@H]12. The summed E-state index contributed by atoms with van der Waals surface area (Å²) in [5, 5.41) is 38.6. The highest BCUT2D eigenvalue weighted by molar-refractivity contribution is 8.25. The fourth-order valence-corrected chi connectivity index (χ4v) is 6.19. The summed E-state index contributed by atoms with van der Waals surface area (Å²) in [4.78, 5) is 11.5. The summed E-state index contributed by atoms with van der Waals surface area (Å²) in [6, 6.07) is 0. The van der Waals surface area contributed by atoms with E-state index in [0.29, 0.717) is 4.24 Å². The molecule has 3 heterocycles. The highest BCUT2D eigenvalue weighted by atomic mass is 32.2. The summed E-state index contributed by atoms with van der Waals surface area (Å²) < 4.78 is 3.94. The molecular weight excluding hydrogens is 350 g/mol. The van der Waals surface area contributed by atoms with Gasteiger partial charge in [0.1, 0.15) is 8.82 Å². The molecule has 0 bridgehead atoms. The van der Waals surface area contributed by atoms with Crippen LogP contribution in [0.15, 0.2) is 20.7 Å². The van der Waals surface area contributed by atoms with Gasteiger partial charge in [-0.15, -0.1) is 10.2 Å². The van der Waals surface area contributed by atoms with Crippen molar-refractivity contribution in [3.8, 4) is 0 Å². The first kappa shape index (κ1) is 16.1. The van der Waals surface area contributed by atoms with Crippen LogP contribution in [0.3, 0.4) is 0 Å². The molecule has 120 valence electrons. The number of hydrogen-bond donors (Lipinski definition) is 3. The van der Waals surface area contributed by atoms with Crippen molar-refractivity contribution in [3.63, 3.8) is 0 Å². The van der Waals surface area contributed by atoms with Crippen molar-refractivity contribution >= 4 is 42.1 Å². The number of fused-ring (bicyclic) bond motifs is 1. The third-order valence-electron chi connectivity index (χ3n) is 3.69. The molecule has 0 amide bonds. The molecule has 1 fully saturated rings. The van der Waals surface area contributed by atoms with E-state index in [4.69, 9.17) is 4.42 Å². The molecule has 1 aromatic rings. The Morgan fingerprint density at radius 1 is 1.73 bits per heavy atom. The van der Waals surface area contributed by atoms with Gasteiger partial charge in [0, 0.05) is 0 Å². The molecule has 22 heavy (non-hydrogen) atoms. The lowest BCUT2D eigenvalue weighted by Crippen LogP contribution is -2.66. The number of hydrogen-bond acceptors (Lipinski definition) is 9. The molecule has 0 aliphatic carbocycles. The van der Waals surface area contributed by atoms with Crippen LogP contribution in [0.5, 0.6) is 0 Å². The summed E-state index contributed by atoms with van der Waals surface area (Å²) in [6.45, 7) is 1.68. The fourth-order valence-electron chi connectivity index (χ4n) is 2.55. The zero-order valence-corrected chi connectivity index (χ0v) is 13.8. The van der Waals surface area contributed by atoms with Gasteiger partial charge in [-0.2, -0.15) is 12.6 Å². The van der Waals surface area contributed by atoms with Crippen LogP contribution in [0, 0.1) is 11.1 Å². The number of aliphatic carboxylic acids is 1. The summed E-state index contributed by atoms with van der Waals surface area (Å²) in [6.07, 6.45) is 0.506. The maximum Gasteiger partial charge on any atom is 0.392 e. The van der Waals surface area contributed by atoms with Crippen molar-refractivity contribution in [2.45, 2.75) is 23.0 Å². The number of rotatable bonds is 5. The van der Waals surface area contributed by atoms with E-state index >= 15 is 0 Å². The third-order valence-corrected chi connectivity index (χ3v) is 6.97. The number of carbonyl (C=O) groups is 1. The summed E-state index contributed by atoms with van der Waals surface area (Å²) in [5.74, 6) is -1.23. The Hall–Kier alpha value is -0.720. The van der Waals surface area contributed by atoms with Crippen LogP contribution in [0.2, 0.25) is 0 Å². The average molecular weight is 363 g/mol. The lowest BCUT2D eigenvalue weighted by atomic mass is 9.93. The highest BCUT2D eigenvalue weighted by Gasteiger charge is 2.61. The number of nitrogens with zero attached hydrogens (tertiary/aromatic N) is 3. The number of thiol groups is 1. The first-order chi connectivity index (χ1) is 10.3. The molecule has 2 aliphatic heterocycles. The van der Waals surface area contributed by atoms with E-state index < -0.39 is 26.7 Å². The van der Waals surface area contributed by atoms with Crippen LogP contribution in [0.1, 0.15) is 17.4 Å². The Bertz CT molecular complexity index is 622. The molecule has 1 aromatic heterocycles. The third kappa shape index (κ3) is 2.45. The monoisotopic (exact) mass is 363 g/mol. The van der Waals surface area contributed by atoms with Crippen molar-refractivity contribution in [2.75, 3.05) is 6.54 Å². The Kier molecular flexibility index (Phi) is 4.20. The molecule has 0 aromatic carbocycles. The zero-order chi connectivity index (χ0) is 16.1. The van der Waals surface area contributed by atoms with E-state index in [0.717, 1.165) is 18.2 Å². The quantitative estimate of drug-likeness (QED) is 0.308. The van der Waals surface area contributed by atoms with Crippen LogP contribution in [-0.4, -0.2) is 49.0 Å². The number of aliphatic hydroxyl groups excluding tert-OH is 1. The van der Waals surface area contributed by atoms with E-state index in [-0.39, 0.29) is 24.1 Å². The largest absolute Gasteiger partial charge is 0.626 e. The second kappa shape index (κ2) is 5.73. The predicted octanol–water partition coefficient (Wildman–Crippen LogP) is 1.38. The van der Waals surface area contributed by atoms with Crippen LogP contribution in [-0.2, 0) is 4.79 Å². The van der Waals surface area contributed by atoms with E-state index in [1.54, 1.807) is 6.92 Å². The van der Waals surface area contributed by atoms with Crippen molar-refractivity contribution in [3.05, 3.63) is 27.4 Å². The van der Waals surface area contributed by atoms with Crippen LogP contribution in [0.25, 0.3) is 0 Å². The molecule has 11 heteroatoms. The minimum Gasteiger partial charge on any atom is -0.626 e. The van der Waals surface area contributed by atoms with E-state index in [1.165, 1.54) is 11.8 Å². The summed E-state index contributed by atoms with van der Waals surface area (Å²) in [7, 11) is 0. The van der Waals surface area contributed by atoms with Gasteiger partial charge < -0.3 is 24.5 Å². The number of hydroxylamine groups is 3.